The Balaban J connectivity index is 0.000000519. The number of carbonyl (C=O) groups excluding carboxylic acids is 1. The molecule has 1 aliphatic heterocycles. The van der Waals surface area contributed by atoms with Gasteiger partial charge in [-0.2, -0.15) is 0 Å². The Morgan fingerprint density at radius 3 is 2.30 bits per heavy atom. The van der Waals surface area contributed by atoms with Crippen LogP contribution in [0.4, 0.5) is 0 Å². The Kier molecular flexibility index (Phi) is 15.8. The van der Waals surface area contributed by atoms with E-state index in [9.17, 15) is 9.59 Å². The average molecular weight is 535 g/mol. The van der Waals surface area contributed by atoms with Crippen LogP contribution in [0.25, 0.3) is 0 Å². The zero-order valence-electron chi connectivity index (χ0n) is 22.9. The molecule has 0 saturated carbocycles. The van der Waals surface area contributed by atoms with Crippen molar-refractivity contribution in [2.24, 2.45) is 5.92 Å². The van der Waals surface area contributed by atoms with Crippen molar-refractivity contribution >= 4 is 23.9 Å². The lowest BCUT2D eigenvalue weighted by atomic mass is 9.89. The molecule has 2 aromatic carbocycles. The van der Waals surface area contributed by atoms with Crippen LogP contribution in [0.5, 0.6) is 5.75 Å². The van der Waals surface area contributed by atoms with Gasteiger partial charge in [0.05, 0.1) is 24.8 Å². The second kappa shape index (κ2) is 17.9. The summed E-state index contributed by atoms with van der Waals surface area (Å²) in [6.45, 7) is 8.58. The molecule has 0 amide bonds. The first-order valence-electron chi connectivity index (χ1n) is 13.1. The Labute approximate surface area is 227 Å². The molecule has 3 rings (SSSR count). The SMILES string of the molecule is CC.COc1ccccc1C1OC(C)(C)OCC1CCCCCCCC(=O)O.O=Cc1ccccc1Cl. The maximum Gasteiger partial charge on any atom is 0.303 e. The summed E-state index contributed by atoms with van der Waals surface area (Å²) >= 11 is 5.59. The van der Waals surface area contributed by atoms with Crippen molar-refractivity contribution in [3.8, 4) is 5.75 Å². The molecule has 0 bridgehead atoms. The van der Waals surface area contributed by atoms with Crippen LogP contribution in [-0.4, -0.2) is 36.9 Å². The van der Waals surface area contributed by atoms with Gasteiger partial charge in [0.1, 0.15) is 5.75 Å². The number of hydrogen-bond acceptors (Lipinski definition) is 5. The highest BCUT2D eigenvalue weighted by Crippen LogP contribution is 2.42. The second-order valence-corrected chi connectivity index (χ2v) is 9.50. The van der Waals surface area contributed by atoms with E-state index in [1.54, 1.807) is 31.4 Å². The van der Waals surface area contributed by atoms with Crippen molar-refractivity contribution in [1.29, 1.82) is 0 Å². The van der Waals surface area contributed by atoms with Gasteiger partial charge in [-0.25, -0.2) is 0 Å². The van der Waals surface area contributed by atoms with Crippen molar-refractivity contribution in [2.45, 2.75) is 84.5 Å². The van der Waals surface area contributed by atoms with E-state index in [-0.39, 0.29) is 12.5 Å². The van der Waals surface area contributed by atoms with E-state index < -0.39 is 11.8 Å². The molecule has 1 N–H and O–H groups in total. The van der Waals surface area contributed by atoms with Gasteiger partial charge in [-0.3, -0.25) is 9.59 Å². The number of aliphatic carboxylic acids is 1. The van der Waals surface area contributed by atoms with Gasteiger partial charge in [-0.05, 0) is 38.8 Å². The van der Waals surface area contributed by atoms with Gasteiger partial charge < -0.3 is 19.3 Å². The van der Waals surface area contributed by atoms with Crippen LogP contribution in [0.1, 0.15) is 94.7 Å². The lowest BCUT2D eigenvalue weighted by Crippen LogP contribution is -2.41. The fraction of sp³-hybridized carbons (Fsp3) is 0.533. The smallest absolute Gasteiger partial charge is 0.303 e. The van der Waals surface area contributed by atoms with Gasteiger partial charge in [0, 0.05) is 23.5 Å². The summed E-state index contributed by atoms with van der Waals surface area (Å²) in [6.07, 6.45) is 7.02. The monoisotopic (exact) mass is 534 g/mol. The van der Waals surface area contributed by atoms with Gasteiger partial charge >= 0.3 is 5.97 Å². The number of hydrogen-bond donors (Lipinski definition) is 1. The molecular weight excluding hydrogens is 492 g/mol. The number of ether oxygens (including phenoxy) is 3. The van der Waals surface area contributed by atoms with Crippen LogP contribution in [0.3, 0.4) is 0 Å². The molecule has 0 radical (unpaired) electrons. The number of carboxylic acid groups (broad SMARTS) is 1. The molecule has 2 atom stereocenters. The van der Waals surface area contributed by atoms with Gasteiger partial charge in [-0.15, -0.1) is 0 Å². The number of aldehydes is 1. The average Bonchev–Trinajstić information content (AvgIpc) is 2.90. The van der Waals surface area contributed by atoms with Crippen LogP contribution in [0.2, 0.25) is 5.02 Å². The highest BCUT2D eigenvalue weighted by molar-refractivity contribution is 6.32. The number of para-hydroxylation sites is 1. The Bertz CT molecular complexity index is 930. The first-order valence-corrected chi connectivity index (χ1v) is 13.5. The standard InChI is InChI=1S/C21H32O5.C7H5ClO.C2H6/c1-21(2)25-15-16(11-7-5-4-6-8-14-19(22)23)20(26-21)17-12-9-10-13-18(17)24-3;8-7-4-2-1-3-6(7)5-9;1-2/h9-10,12-13,16,20H,4-8,11,14-15H2,1-3H3,(H,22,23);1-5H;1-2H3. The number of methoxy groups -OCH3 is 1. The third kappa shape index (κ3) is 12.1. The highest BCUT2D eigenvalue weighted by atomic mass is 35.5. The number of rotatable bonds is 11. The first-order chi connectivity index (χ1) is 17.8. The largest absolute Gasteiger partial charge is 0.496 e. The quantitative estimate of drug-likeness (QED) is 0.231. The molecular formula is C30H43ClO6. The van der Waals surface area contributed by atoms with E-state index in [4.69, 9.17) is 30.9 Å². The van der Waals surface area contributed by atoms with E-state index in [0.717, 1.165) is 56.1 Å². The summed E-state index contributed by atoms with van der Waals surface area (Å²) < 4.78 is 17.7. The van der Waals surface area contributed by atoms with E-state index >= 15 is 0 Å². The van der Waals surface area contributed by atoms with E-state index in [1.165, 1.54) is 0 Å². The molecule has 6 nitrogen and oxygen atoms in total. The van der Waals surface area contributed by atoms with Crippen molar-refractivity contribution in [2.75, 3.05) is 13.7 Å². The van der Waals surface area contributed by atoms with Gasteiger partial charge in [0.2, 0.25) is 0 Å². The second-order valence-electron chi connectivity index (χ2n) is 9.09. The Morgan fingerprint density at radius 2 is 1.68 bits per heavy atom. The summed E-state index contributed by atoms with van der Waals surface area (Å²) in [5.41, 5.74) is 1.62. The summed E-state index contributed by atoms with van der Waals surface area (Å²) in [5, 5.41) is 9.18. The third-order valence-corrected chi connectivity index (χ3v) is 6.27. The molecule has 0 spiro atoms. The number of halogens is 1. The Hall–Kier alpha value is -2.41. The zero-order chi connectivity index (χ0) is 27.7. The van der Waals surface area contributed by atoms with Gasteiger partial charge in [0.15, 0.2) is 12.1 Å². The molecule has 37 heavy (non-hydrogen) atoms. The predicted octanol–water partition coefficient (Wildman–Crippen LogP) is 8.13. The molecule has 1 heterocycles. The number of carbonyl (C=O) groups is 2. The zero-order valence-corrected chi connectivity index (χ0v) is 23.6. The molecule has 1 aliphatic rings. The van der Waals surface area contributed by atoms with Crippen molar-refractivity contribution in [3.63, 3.8) is 0 Å². The van der Waals surface area contributed by atoms with Gasteiger partial charge in [-0.1, -0.05) is 87.5 Å². The lowest BCUT2D eigenvalue weighted by molar-refractivity contribution is -0.296. The Morgan fingerprint density at radius 1 is 1.05 bits per heavy atom. The van der Waals surface area contributed by atoms with E-state index in [1.807, 2.05) is 45.9 Å². The van der Waals surface area contributed by atoms with Crippen LogP contribution < -0.4 is 4.74 Å². The van der Waals surface area contributed by atoms with Crippen LogP contribution in [-0.2, 0) is 14.3 Å². The van der Waals surface area contributed by atoms with Crippen LogP contribution >= 0.6 is 11.6 Å². The third-order valence-electron chi connectivity index (χ3n) is 5.93. The lowest BCUT2D eigenvalue weighted by Gasteiger charge is -2.41. The normalized spacial score (nSPS) is 17.9. The van der Waals surface area contributed by atoms with Crippen LogP contribution in [0.15, 0.2) is 48.5 Å². The summed E-state index contributed by atoms with van der Waals surface area (Å²) in [4.78, 5) is 20.7. The fourth-order valence-electron chi connectivity index (χ4n) is 4.07. The van der Waals surface area contributed by atoms with Crippen molar-refractivity contribution in [1.82, 2.24) is 0 Å². The van der Waals surface area contributed by atoms with Crippen molar-refractivity contribution in [3.05, 3.63) is 64.7 Å². The number of carboxylic acids is 1. The molecule has 0 aliphatic carbocycles. The maximum atomic E-state index is 10.5. The summed E-state index contributed by atoms with van der Waals surface area (Å²) in [5.74, 6) is -0.158. The molecule has 2 aromatic rings. The molecule has 1 saturated heterocycles. The predicted molar refractivity (Wildman–Crippen MR) is 148 cm³/mol. The first kappa shape index (κ1) is 32.6. The van der Waals surface area contributed by atoms with E-state index in [2.05, 4.69) is 6.07 Å². The highest BCUT2D eigenvalue weighted by Gasteiger charge is 2.38. The minimum absolute atomic E-state index is 0.0399. The molecule has 2 unspecified atom stereocenters. The molecule has 1 fully saturated rings. The van der Waals surface area contributed by atoms with E-state index in [0.29, 0.717) is 23.1 Å². The molecule has 7 heteroatoms. The fourth-order valence-corrected chi connectivity index (χ4v) is 4.25. The minimum Gasteiger partial charge on any atom is -0.496 e. The number of benzene rings is 2. The maximum absolute atomic E-state index is 10.5. The summed E-state index contributed by atoms with van der Waals surface area (Å²) in [7, 11) is 1.69. The van der Waals surface area contributed by atoms with Crippen LogP contribution in [0, 0.1) is 5.92 Å². The number of unbranched alkanes of at least 4 members (excludes halogenated alkanes) is 4. The molecule has 0 aromatic heterocycles. The van der Waals surface area contributed by atoms with Gasteiger partial charge in [0.25, 0.3) is 0 Å². The summed E-state index contributed by atoms with van der Waals surface area (Å²) in [6, 6.07) is 15.0. The van der Waals surface area contributed by atoms with Crippen molar-refractivity contribution < 1.29 is 28.9 Å². The topological polar surface area (TPSA) is 82.1 Å². The molecule has 206 valence electrons. The minimum atomic E-state index is -0.705.